The standard InChI is InChI=1S/C11H12ClF2N/c12-7-5-8(11(14)9(13)6-7)10-3-1-2-4-15-10/h5-6,10,15H,1-4H2. The fourth-order valence-electron chi connectivity index (χ4n) is 1.95. The van der Waals surface area contributed by atoms with Gasteiger partial charge in [0.15, 0.2) is 11.6 Å². The number of hydrogen-bond acceptors (Lipinski definition) is 1. The van der Waals surface area contributed by atoms with Crippen molar-refractivity contribution in [1.82, 2.24) is 5.32 Å². The van der Waals surface area contributed by atoms with Crippen molar-refractivity contribution >= 4 is 11.6 Å². The van der Waals surface area contributed by atoms with Gasteiger partial charge in [-0.05, 0) is 31.5 Å². The molecule has 15 heavy (non-hydrogen) atoms. The second-order valence-electron chi connectivity index (χ2n) is 3.79. The predicted molar refractivity (Wildman–Crippen MR) is 56.0 cm³/mol. The molecule has 0 amide bonds. The van der Waals surface area contributed by atoms with Gasteiger partial charge in [0.25, 0.3) is 0 Å². The minimum Gasteiger partial charge on any atom is -0.310 e. The van der Waals surface area contributed by atoms with Gasteiger partial charge in [0.05, 0.1) is 0 Å². The van der Waals surface area contributed by atoms with Crippen molar-refractivity contribution < 1.29 is 8.78 Å². The predicted octanol–water partition coefficient (Wildman–Crippen LogP) is 3.43. The molecule has 0 aromatic heterocycles. The molecule has 1 heterocycles. The molecule has 1 atom stereocenters. The zero-order valence-electron chi connectivity index (χ0n) is 8.19. The third kappa shape index (κ3) is 2.29. The van der Waals surface area contributed by atoms with Crippen molar-refractivity contribution in [2.45, 2.75) is 25.3 Å². The number of benzene rings is 1. The molecule has 1 fully saturated rings. The zero-order chi connectivity index (χ0) is 10.8. The van der Waals surface area contributed by atoms with Crippen LogP contribution < -0.4 is 5.32 Å². The molecule has 1 N–H and O–H groups in total. The van der Waals surface area contributed by atoms with Gasteiger partial charge in [-0.1, -0.05) is 18.0 Å². The first-order valence-electron chi connectivity index (χ1n) is 5.06. The van der Waals surface area contributed by atoms with Crippen LogP contribution in [0.25, 0.3) is 0 Å². The van der Waals surface area contributed by atoms with Gasteiger partial charge < -0.3 is 5.32 Å². The minimum atomic E-state index is -0.870. The molecule has 0 aliphatic carbocycles. The Morgan fingerprint density at radius 1 is 1.27 bits per heavy atom. The molecular formula is C11H12ClF2N. The highest BCUT2D eigenvalue weighted by molar-refractivity contribution is 6.30. The third-order valence-corrected chi connectivity index (χ3v) is 2.93. The van der Waals surface area contributed by atoms with Gasteiger partial charge in [0.1, 0.15) is 0 Å². The first-order chi connectivity index (χ1) is 7.18. The van der Waals surface area contributed by atoms with E-state index in [0.717, 1.165) is 31.9 Å². The highest BCUT2D eigenvalue weighted by Gasteiger charge is 2.20. The molecule has 0 radical (unpaired) electrons. The van der Waals surface area contributed by atoms with E-state index in [4.69, 9.17) is 11.6 Å². The monoisotopic (exact) mass is 231 g/mol. The average molecular weight is 232 g/mol. The number of nitrogens with one attached hydrogen (secondary N) is 1. The van der Waals surface area contributed by atoms with E-state index in [1.807, 2.05) is 0 Å². The number of piperidine rings is 1. The van der Waals surface area contributed by atoms with E-state index < -0.39 is 11.6 Å². The Balaban J connectivity index is 2.33. The fraction of sp³-hybridized carbons (Fsp3) is 0.455. The zero-order valence-corrected chi connectivity index (χ0v) is 8.95. The molecule has 1 saturated heterocycles. The van der Waals surface area contributed by atoms with Crippen molar-refractivity contribution in [3.63, 3.8) is 0 Å². The van der Waals surface area contributed by atoms with Crippen LogP contribution in [0.5, 0.6) is 0 Å². The maximum absolute atomic E-state index is 13.5. The molecule has 1 aromatic rings. The smallest absolute Gasteiger partial charge is 0.163 e. The first-order valence-corrected chi connectivity index (χ1v) is 5.44. The molecule has 1 aromatic carbocycles. The summed E-state index contributed by atoms with van der Waals surface area (Å²) >= 11 is 5.71. The molecular weight excluding hydrogens is 220 g/mol. The normalized spacial score (nSPS) is 21.7. The second-order valence-corrected chi connectivity index (χ2v) is 4.23. The topological polar surface area (TPSA) is 12.0 Å². The van der Waals surface area contributed by atoms with Gasteiger partial charge in [-0.3, -0.25) is 0 Å². The molecule has 0 bridgehead atoms. The molecule has 1 aliphatic rings. The van der Waals surface area contributed by atoms with Gasteiger partial charge in [0.2, 0.25) is 0 Å². The van der Waals surface area contributed by atoms with Crippen LogP contribution in [0.3, 0.4) is 0 Å². The number of halogens is 3. The maximum Gasteiger partial charge on any atom is 0.163 e. The summed E-state index contributed by atoms with van der Waals surface area (Å²) < 4.78 is 26.6. The molecule has 1 aliphatic heterocycles. The van der Waals surface area contributed by atoms with Crippen molar-refractivity contribution in [3.8, 4) is 0 Å². The van der Waals surface area contributed by atoms with E-state index in [1.54, 1.807) is 0 Å². The lowest BCUT2D eigenvalue weighted by Gasteiger charge is -2.24. The van der Waals surface area contributed by atoms with Crippen molar-refractivity contribution in [2.24, 2.45) is 0 Å². The Morgan fingerprint density at radius 3 is 2.73 bits per heavy atom. The minimum absolute atomic E-state index is 0.105. The molecule has 2 rings (SSSR count). The van der Waals surface area contributed by atoms with Crippen molar-refractivity contribution in [2.75, 3.05) is 6.54 Å². The van der Waals surface area contributed by atoms with Gasteiger partial charge in [0, 0.05) is 16.6 Å². The van der Waals surface area contributed by atoms with Crippen LogP contribution in [-0.4, -0.2) is 6.54 Å². The summed E-state index contributed by atoms with van der Waals surface area (Å²) in [4.78, 5) is 0. The number of rotatable bonds is 1. The maximum atomic E-state index is 13.5. The Hall–Kier alpha value is -0.670. The van der Waals surface area contributed by atoms with Crippen LogP contribution in [0.1, 0.15) is 30.9 Å². The Bertz CT molecular complexity index is 362. The van der Waals surface area contributed by atoms with Crippen molar-refractivity contribution in [3.05, 3.63) is 34.4 Å². The van der Waals surface area contributed by atoms with E-state index in [1.165, 1.54) is 6.07 Å². The Kier molecular flexibility index (Phi) is 3.22. The molecule has 1 nitrogen and oxygen atoms in total. The summed E-state index contributed by atoms with van der Waals surface area (Å²) in [6.07, 6.45) is 2.95. The molecule has 82 valence electrons. The third-order valence-electron chi connectivity index (χ3n) is 2.71. The summed E-state index contributed by atoms with van der Waals surface area (Å²) in [5, 5.41) is 3.41. The Labute approximate surface area is 92.4 Å². The summed E-state index contributed by atoms with van der Waals surface area (Å²) in [5.41, 5.74) is 0.347. The quantitative estimate of drug-likeness (QED) is 0.731. The molecule has 0 saturated carbocycles. The van der Waals surface area contributed by atoms with Crippen molar-refractivity contribution in [1.29, 1.82) is 0 Å². The summed E-state index contributed by atoms with van der Waals surface area (Å²) in [5.74, 6) is -1.65. The van der Waals surface area contributed by atoms with Gasteiger partial charge in [-0.2, -0.15) is 0 Å². The van der Waals surface area contributed by atoms with E-state index in [0.29, 0.717) is 5.56 Å². The fourth-order valence-corrected chi connectivity index (χ4v) is 2.16. The van der Waals surface area contributed by atoms with Crippen LogP contribution in [0.15, 0.2) is 12.1 Å². The second kappa shape index (κ2) is 4.45. The van der Waals surface area contributed by atoms with E-state index >= 15 is 0 Å². The summed E-state index contributed by atoms with van der Waals surface area (Å²) in [6.45, 7) is 0.845. The molecule has 1 unspecified atom stereocenters. The summed E-state index contributed by atoms with van der Waals surface area (Å²) in [7, 11) is 0. The van der Waals surface area contributed by atoms with Crippen LogP contribution in [0.2, 0.25) is 5.02 Å². The largest absolute Gasteiger partial charge is 0.310 e. The molecule has 4 heteroatoms. The van der Waals surface area contributed by atoms with E-state index in [9.17, 15) is 8.78 Å². The van der Waals surface area contributed by atoms with E-state index in [-0.39, 0.29) is 11.1 Å². The van der Waals surface area contributed by atoms with Crippen LogP contribution in [-0.2, 0) is 0 Å². The van der Waals surface area contributed by atoms with Gasteiger partial charge in [-0.25, -0.2) is 8.78 Å². The average Bonchev–Trinajstić information content (AvgIpc) is 2.24. The highest BCUT2D eigenvalue weighted by atomic mass is 35.5. The summed E-state index contributed by atoms with van der Waals surface area (Å²) in [6, 6.07) is 2.40. The van der Waals surface area contributed by atoms with E-state index in [2.05, 4.69) is 5.32 Å². The van der Waals surface area contributed by atoms with Crippen LogP contribution in [0, 0.1) is 11.6 Å². The van der Waals surface area contributed by atoms with Gasteiger partial charge >= 0.3 is 0 Å². The van der Waals surface area contributed by atoms with Crippen LogP contribution in [0.4, 0.5) is 8.78 Å². The van der Waals surface area contributed by atoms with Gasteiger partial charge in [-0.15, -0.1) is 0 Å². The Morgan fingerprint density at radius 2 is 2.07 bits per heavy atom. The lowest BCUT2D eigenvalue weighted by Crippen LogP contribution is -2.27. The van der Waals surface area contributed by atoms with Crippen LogP contribution >= 0.6 is 11.6 Å². The lowest BCUT2D eigenvalue weighted by molar-refractivity contribution is 0.391. The first kappa shape index (κ1) is 10.8. The lowest BCUT2D eigenvalue weighted by atomic mass is 9.97. The SMILES string of the molecule is Fc1cc(Cl)cc(C2CCCCN2)c1F. The number of hydrogen-bond donors (Lipinski definition) is 1. The molecule has 0 spiro atoms. The highest BCUT2D eigenvalue weighted by Crippen LogP contribution is 2.28.